The standard InChI is InChI=1S/C25H30N4O3/c1-19-6-5-9-21(16-19)17-28-18-23(30)29-15-14-27(13-11-22(29)24(28)31)25(32)26-12-10-20-7-3-2-4-8-20/h2-9,16,22H,10-15,17-18H2,1H3,(H,26,32). The van der Waals surface area contributed by atoms with Crippen LogP contribution in [0.15, 0.2) is 54.6 Å². The predicted octanol–water partition coefficient (Wildman–Crippen LogP) is 2.19. The van der Waals surface area contributed by atoms with Crippen molar-refractivity contribution in [3.05, 3.63) is 71.3 Å². The summed E-state index contributed by atoms with van der Waals surface area (Å²) >= 11 is 0. The molecule has 4 rings (SSSR count). The summed E-state index contributed by atoms with van der Waals surface area (Å²) < 4.78 is 0. The molecule has 0 bridgehead atoms. The molecule has 0 spiro atoms. The summed E-state index contributed by atoms with van der Waals surface area (Å²) in [6.07, 6.45) is 1.22. The lowest BCUT2D eigenvalue weighted by atomic mass is 10.1. The highest BCUT2D eigenvalue weighted by molar-refractivity contribution is 5.95. The third kappa shape index (κ3) is 5.10. The number of rotatable bonds is 5. The lowest BCUT2D eigenvalue weighted by Crippen LogP contribution is -2.59. The molecule has 2 aliphatic heterocycles. The first-order valence-electron chi connectivity index (χ1n) is 11.2. The summed E-state index contributed by atoms with van der Waals surface area (Å²) in [5.41, 5.74) is 3.32. The smallest absolute Gasteiger partial charge is 0.317 e. The second-order valence-corrected chi connectivity index (χ2v) is 8.53. The summed E-state index contributed by atoms with van der Waals surface area (Å²) in [6.45, 7) is 4.36. The van der Waals surface area contributed by atoms with Crippen LogP contribution in [0.3, 0.4) is 0 Å². The number of amides is 4. The van der Waals surface area contributed by atoms with E-state index in [0.29, 0.717) is 39.1 Å². The Morgan fingerprint density at radius 1 is 1.00 bits per heavy atom. The number of nitrogens with one attached hydrogen (secondary N) is 1. The zero-order valence-electron chi connectivity index (χ0n) is 18.5. The van der Waals surface area contributed by atoms with E-state index in [4.69, 9.17) is 0 Å². The molecule has 2 fully saturated rings. The Morgan fingerprint density at radius 2 is 1.78 bits per heavy atom. The number of urea groups is 1. The van der Waals surface area contributed by atoms with Gasteiger partial charge in [0.05, 0.1) is 0 Å². The number of carbonyl (C=O) groups excluding carboxylic acids is 3. The molecule has 4 amide bonds. The van der Waals surface area contributed by atoms with E-state index < -0.39 is 6.04 Å². The maximum Gasteiger partial charge on any atom is 0.317 e. The van der Waals surface area contributed by atoms with Gasteiger partial charge in [0.25, 0.3) is 0 Å². The predicted molar refractivity (Wildman–Crippen MR) is 122 cm³/mol. The highest BCUT2D eigenvalue weighted by Gasteiger charge is 2.41. The van der Waals surface area contributed by atoms with E-state index in [2.05, 4.69) is 5.32 Å². The Morgan fingerprint density at radius 3 is 2.56 bits per heavy atom. The Labute approximate surface area is 189 Å². The number of benzene rings is 2. The SMILES string of the molecule is Cc1cccc(CN2CC(=O)N3CCN(C(=O)NCCc4ccccc4)CCC3C2=O)c1. The van der Waals surface area contributed by atoms with Crippen LogP contribution in [-0.4, -0.2) is 71.3 Å². The lowest BCUT2D eigenvalue weighted by molar-refractivity contribution is -0.156. The van der Waals surface area contributed by atoms with E-state index in [-0.39, 0.29) is 24.4 Å². The number of carbonyl (C=O) groups is 3. The highest BCUT2D eigenvalue weighted by atomic mass is 16.2. The minimum Gasteiger partial charge on any atom is -0.338 e. The molecule has 2 aromatic rings. The van der Waals surface area contributed by atoms with Gasteiger partial charge in [-0.1, -0.05) is 60.2 Å². The monoisotopic (exact) mass is 434 g/mol. The van der Waals surface area contributed by atoms with Crippen molar-refractivity contribution >= 4 is 17.8 Å². The van der Waals surface area contributed by atoms with E-state index in [0.717, 1.165) is 17.5 Å². The second-order valence-electron chi connectivity index (χ2n) is 8.53. The van der Waals surface area contributed by atoms with Crippen molar-refractivity contribution in [2.75, 3.05) is 32.7 Å². The van der Waals surface area contributed by atoms with Gasteiger partial charge in [0.2, 0.25) is 11.8 Å². The van der Waals surface area contributed by atoms with Crippen LogP contribution in [0.1, 0.15) is 23.1 Å². The molecule has 32 heavy (non-hydrogen) atoms. The van der Waals surface area contributed by atoms with Gasteiger partial charge in [-0.3, -0.25) is 9.59 Å². The molecule has 168 valence electrons. The molecule has 2 heterocycles. The number of piperazine rings is 1. The van der Waals surface area contributed by atoms with Crippen molar-refractivity contribution in [1.29, 1.82) is 0 Å². The van der Waals surface area contributed by atoms with Crippen LogP contribution in [0.25, 0.3) is 0 Å². The lowest BCUT2D eigenvalue weighted by Gasteiger charge is -2.39. The van der Waals surface area contributed by atoms with Gasteiger partial charge in [-0.25, -0.2) is 4.79 Å². The fraction of sp³-hybridized carbons (Fsp3) is 0.400. The van der Waals surface area contributed by atoms with Crippen molar-refractivity contribution in [2.45, 2.75) is 32.4 Å². The topological polar surface area (TPSA) is 73.0 Å². The van der Waals surface area contributed by atoms with Gasteiger partial charge in [0.15, 0.2) is 0 Å². The van der Waals surface area contributed by atoms with Gasteiger partial charge in [-0.2, -0.15) is 0 Å². The molecule has 2 aromatic carbocycles. The van der Waals surface area contributed by atoms with Crippen LogP contribution < -0.4 is 5.32 Å². The fourth-order valence-corrected chi connectivity index (χ4v) is 4.47. The molecule has 7 nitrogen and oxygen atoms in total. The Balaban J connectivity index is 1.34. The molecule has 2 aliphatic rings. The maximum atomic E-state index is 13.2. The van der Waals surface area contributed by atoms with Crippen molar-refractivity contribution in [3.63, 3.8) is 0 Å². The maximum absolute atomic E-state index is 13.2. The average molecular weight is 435 g/mol. The van der Waals surface area contributed by atoms with Crippen LogP contribution in [-0.2, 0) is 22.6 Å². The van der Waals surface area contributed by atoms with Gasteiger partial charge in [0, 0.05) is 32.7 Å². The summed E-state index contributed by atoms with van der Waals surface area (Å²) in [5, 5.41) is 2.97. The number of aryl methyl sites for hydroxylation is 1. The van der Waals surface area contributed by atoms with Gasteiger partial charge in [-0.05, 0) is 30.9 Å². The van der Waals surface area contributed by atoms with Crippen LogP contribution in [0, 0.1) is 6.92 Å². The van der Waals surface area contributed by atoms with Crippen molar-refractivity contribution in [3.8, 4) is 0 Å². The molecule has 1 unspecified atom stereocenters. The van der Waals surface area contributed by atoms with Crippen LogP contribution in [0.5, 0.6) is 0 Å². The first kappa shape index (κ1) is 21.9. The van der Waals surface area contributed by atoms with E-state index in [1.54, 1.807) is 14.7 Å². The van der Waals surface area contributed by atoms with Crippen LogP contribution >= 0.6 is 0 Å². The zero-order chi connectivity index (χ0) is 22.5. The number of fused-ring (bicyclic) bond motifs is 1. The first-order valence-corrected chi connectivity index (χ1v) is 11.2. The zero-order valence-corrected chi connectivity index (χ0v) is 18.5. The summed E-state index contributed by atoms with van der Waals surface area (Å²) in [6, 6.07) is 17.4. The minimum atomic E-state index is -0.497. The minimum absolute atomic E-state index is 0.0301. The normalized spacial score (nSPS) is 18.9. The van der Waals surface area contributed by atoms with Crippen molar-refractivity contribution < 1.29 is 14.4 Å². The fourth-order valence-electron chi connectivity index (χ4n) is 4.47. The van der Waals surface area contributed by atoms with E-state index in [1.165, 1.54) is 5.56 Å². The molecule has 2 saturated heterocycles. The molecular formula is C25H30N4O3. The van der Waals surface area contributed by atoms with E-state index in [9.17, 15) is 14.4 Å². The summed E-state index contributed by atoms with van der Waals surface area (Å²) in [5.74, 6) is -0.0777. The average Bonchev–Trinajstić information content (AvgIpc) is 3.02. The largest absolute Gasteiger partial charge is 0.338 e. The Hall–Kier alpha value is -3.35. The quantitative estimate of drug-likeness (QED) is 0.784. The number of hydrogen-bond donors (Lipinski definition) is 1. The first-order chi connectivity index (χ1) is 15.5. The highest BCUT2D eigenvalue weighted by Crippen LogP contribution is 2.21. The molecular weight excluding hydrogens is 404 g/mol. The van der Waals surface area contributed by atoms with Crippen molar-refractivity contribution in [1.82, 2.24) is 20.0 Å². The second kappa shape index (κ2) is 9.85. The Bertz CT molecular complexity index is 978. The number of nitrogens with zero attached hydrogens (tertiary/aromatic N) is 3. The van der Waals surface area contributed by atoms with E-state index >= 15 is 0 Å². The molecule has 0 aromatic heterocycles. The van der Waals surface area contributed by atoms with E-state index in [1.807, 2.05) is 61.5 Å². The van der Waals surface area contributed by atoms with Gasteiger partial charge in [-0.15, -0.1) is 0 Å². The third-order valence-corrected chi connectivity index (χ3v) is 6.18. The molecule has 7 heteroatoms. The van der Waals surface area contributed by atoms with Crippen LogP contribution in [0.4, 0.5) is 4.79 Å². The Kier molecular flexibility index (Phi) is 6.73. The van der Waals surface area contributed by atoms with Gasteiger partial charge >= 0.3 is 6.03 Å². The molecule has 1 N–H and O–H groups in total. The number of hydrogen-bond acceptors (Lipinski definition) is 3. The summed E-state index contributed by atoms with van der Waals surface area (Å²) in [4.78, 5) is 43.7. The van der Waals surface area contributed by atoms with Crippen LogP contribution in [0.2, 0.25) is 0 Å². The van der Waals surface area contributed by atoms with Gasteiger partial charge < -0.3 is 20.0 Å². The van der Waals surface area contributed by atoms with Crippen molar-refractivity contribution in [2.24, 2.45) is 0 Å². The summed E-state index contributed by atoms with van der Waals surface area (Å²) in [7, 11) is 0. The molecule has 0 aliphatic carbocycles. The molecule has 0 saturated carbocycles. The van der Waals surface area contributed by atoms with Gasteiger partial charge in [0.1, 0.15) is 12.6 Å². The molecule has 1 atom stereocenters. The molecule has 0 radical (unpaired) electrons. The third-order valence-electron chi connectivity index (χ3n) is 6.18.